The lowest BCUT2D eigenvalue weighted by molar-refractivity contribution is -0.140. The number of ketones is 1. The Morgan fingerprint density at radius 3 is 2.34 bits per heavy atom. The molecule has 29 heavy (non-hydrogen) atoms. The molecular weight excluding hydrogens is 377 g/mol. The Morgan fingerprint density at radius 2 is 1.76 bits per heavy atom. The van der Waals surface area contributed by atoms with E-state index in [1.807, 2.05) is 6.92 Å². The summed E-state index contributed by atoms with van der Waals surface area (Å²) in [5, 5.41) is 10.8. The van der Waals surface area contributed by atoms with E-state index in [4.69, 9.17) is 9.47 Å². The number of aliphatic hydroxyl groups is 1. The first-order valence-electron chi connectivity index (χ1n) is 9.24. The van der Waals surface area contributed by atoms with E-state index in [0.29, 0.717) is 17.9 Å². The van der Waals surface area contributed by atoms with Crippen molar-refractivity contribution >= 4 is 17.4 Å². The third-order valence-electron chi connectivity index (χ3n) is 4.70. The zero-order valence-corrected chi connectivity index (χ0v) is 16.2. The molecule has 0 radical (unpaired) electrons. The average Bonchev–Trinajstić information content (AvgIpc) is 2.98. The van der Waals surface area contributed by atoms with Crippen molar-refractivity contribution in [2.24, 2.45) is 0 Å². The van der Waals surface area contributed by atoms with Crippen LogP contribution >= 0.6 is 0 Å². The minimum Gasteiger partial charge on any atom is -0.507 e. The number of halogens is 1. The first-order valence-corrected chi connectivity index (χ1v) is 9.24. The zero-order chi connectivity index (χ0) is 21.0. The van der Waals surface area contributed by atoms with E-state index in [2.05, 4.69) is 0 Å². The summed E-state index contributed by atoms with van der Waals surface area (Å²) in [6.07, 6.45) is 0. The highest BCUT2D eigenvalue weighted by atomic mass is 19.1. The van der Waals surface area contributed by atoms with Gasteiger partial charge in [-0.05, 0) is 48.9 Å². The number of aliphatic hydroxyl groups excluding tert-OH is 1. The molecule has 1 unspecified atom stereocenters. The van der Waals surface area contributed by atoms with E-state index in [0.717, 1.165) is 0 Å². The molecule has 1 heterocycles. The fourth-order valence-corrected chi connectivity index (χ4v) is 3.32. The fraction of sp³-hybridized carbons (Fsp3) is 0.273. The highest BCUT2D eigenvalue weighted by molar-refractivity contribution is 6.46. The lowest BCUT2D eigenvalue weighted by atomic mass is 9.95. The third kappa shape index (κ3) is 4.14. The zero-order valence-electron chi connectivity index (χ0n) is 16.2. The van der Waals surface area contributed by atoms with Gasteiger partial charge in [0, 0.05) is 19.2 Å². The van der Waals surface area contributed by atoms with Crippen molar-refractivity contribution in [1.82, 2.24) is 4.90 Å². The SMILES string of the molecule is CCOc1ccc(C2/C(=C(/O)c3ccc(F)cc3)C(=O)C(=O)N2CCOC)cc1. The molecule has 0 spiro atoms. The number of carbonyl (C=O) groups is 2. The quantitative estimate of drug-likeness (QED) is 0.439. The maximum atomic E-state index is 13.3. The number of hydrogen-bond donors (Lipinski definition) is 1. The van der Waals surface area contributed by atoms with E-state index in [9.17, 15) is 19.1 Å². The summed E-state index contributed by atoms with van der Waals surface area (Å²) in [6, 6.07) is 11.3. The summed E-state index contributed by atoms with van der Waals surface area (Å²) in [6.45, 7) is 2.79. The molecule has 0 saturated carbocycles. The van der Waals surface area contributed by atoms with E-state index in [-0.39, 0.29) is 30.0 Å². The molecule has 6 nitrogen and oxygen atoms in total. The van der Waals surface area contributed by atoms with Crippen molar-refractivity contribution in [3.05, 3.63) is 71.0 Å². The lowest BCUT2D eigenvalue weighted by Crippen LogP contribution is -2.32. The van der Waals surface area contributed by atoms with Crippen molar-refractivity contribution in [2.75, 3.05) is 26.9 Å². The molecule has 3 rings (SSSR count). The number of Topliss-reactive ketones (excluding diaryl/α,β-unsaturated/α-hetero) is 1. The van der Waals surface area contributed by atoms with E-state index in [1.54, 1.807) is 24.3 Å². The van der Waals surface area contributed by atoms with E-state index < -0.39 is 23.5 Å². The summed E-state index contributed by atoms with van der Waals surface area (Å²) in [7, 11) is 1.50. The van der Waals surface area contributed by atoms with Crippen LogP contribution in [0.1, 0.15) is 24.1 Å². The molecule has 1 saturated heterocycles. The van der Waals surface area contributed by atoms with Gasteiger partial charge in [-0.3, -0.25) is 9.59 Å². The summed E-state index contributed by atoms with van der Waals surface area (Å²) < 4.78 is 23.8. The Balaban J connectivity index is 2.10. The fourth-order valence-electron chi connectivity index (χ4n) is 3.32. The molecular formula is C22H22FNO5. The van der Waals surface area contributed by atoms with Gasteiger partial charge in [0.1, 0.15) is 17.3 Å². The highest BCUT2D eigenvalue weighted by Gasteiger charge is 2.45. The number of amides is 1. The number of rotatable bonds is 7. The smallest absolute Gasteiger partial charge is 0.295 e. The molecule has 0 aromatic heterocycles. The van der Waals surface area contributed by atoms with Gasteiger partial charge in [0.2, 0.25) is 0 Å². The summed E-state index contributed by atoms with van der Waals surface area (Å²) in [5.74, 6) is -1.66. The van der Waals surface area contributed by atoms with Gasteiger partial charge >= 0.3 is 0 Å². The van der Waals surface area contributed by atoms with Crippen LogP contribution in [0.15, 0.2) is 54.1 Å². The second kappa shape index (κ2) is 8.87. The standard InChI is InChI=1S/C22H22FNO5/c1-3-29-17-10-6-14(7-11-17)19-18(20(25)15-4-8-16(23)9-5-15)21(26)22(27)24(19)12-13-28-2/h4-11,19,25H,3,12-13H2,1-2H3/b20-18-. The molecule has 1 fully saturated rings. The Hall–Kier alpha value is -3.19. The molecule has 0 aliphatic carbocycles. The molecule has 0 bridgehead atoms. The average molecular weight is 399 g/mol. The molecule has 1 N–H and O–H groups in total. The number of likely N-dealkylation sites (tertiary alicyclic amines) is 1. The molecule has 1 amide bonds. The molecule has 1 atom stereocenters. The molecule has 2 aromatic carbocycles. The molecule has 2 aromatic rings. The van der Waals surface area contributed by atoms with Crippen LogP contribution in [0.3, 0.4) is 0 Å². The Kier molecular flexibility index (Phi) is 6.29. The number of ether oxygens (including phenoxy) is 2. The second-order valence-electron chi connectivity index (χ2n) is 6.49. The number of benzene rings is 2. The number of nitrogens with zero attached hydrogens (tertiary/aromatic N) is 1. The van der Waals surface area contributed by atoms with Gasteiger partial charge in [-0.1, -0.05) is 12.1 Å². The predicted octanol–water partition coefficient (Wildman–Crippen LogP) is 3.29. The van der Waals surface area contributed by atoms with E-state index in [1.165, 1.54) is 36.3 Å². The minimum absolute atomic E-state index is 0.0399. The van der Waals surface area contributed by atoms with Crippen LogP contribution < -0.4 is 4.74 Å². The van der Waals surface area contributed by atoms with Gasteiger partial charge in [-0.15, -0.1) is 0 Å². The van der Waals surface area contributed by atoms with Gasteiger partial charge in [0.25, 0.3) is 11.7 Å². The first-order chi connectivity index (χ1) is 14.0. The lowest BCUT2D eigenvalue weighted by Gasteiger charge is -2.25. The van der Waals surface area contributed by atoms with Crippen LogP contribution in [-0.4, -0.2) is 48.6 Å². The Labute approximate surface area is 168 Å². The van der Waals surface area contributed by atoms with Crippen molar-refractivity contribution in [3.8, 4) is 5.75 Å². The van der Waals surface area contributed by atoms with Crippen LogP contribution in [0.4, 0.5) is 4.39 Å². The molecule has 7 heteroatoms. The van der Waals surface area contributed by atoms with Gasteiger partial charge in [0.05, 0.1) is 24.8 Å². The van der Waals surface area contributed by atoms with Crippen molar-refractivity contribution in [2.45, 2.75) is 13.0 Å². The Morgan fingerprint density at radius 1 is 1.10 bits per heavy atom. The van der Waals surface area contributed by atoms with Gasteiger partial charge in [-0.2, -0.15) is 0 Å². The minimum atomic E-state index is -0.790. The molecule has 152 valence electrons. The molecule has 1 aliphatic rings. The highest BCUT2D eigenvalue weighted by Crippen LogP contribution is 2.39. The summed E-state index contributed by atoms with van der Waals surface area (Å²) >= 11 is 0. The van der Waals surface area contributed by atoms with Crippen LogP contribution in [0, 0.1) is 5.82 Å². The normalized spacial score (nSPS) is 18.3. The largest absolute Gasteiger partial charge is 0.507 e. The Bertz CT molecular complexity index is 921. The monoisotopic (exact) mass is 399 g/mol. The number of methoxy groups -OCH3 is 1. The van der Waals surface area contributed by atoms with Gasteiger partial charge in [-0.25, -0.2) is 4.39 Å². The second-order valence-corrected chi connectivity index (χ2v) is 6.49. The van der Waals surface area contributed by atoms with Crippen LogP contribution in [0.2, 0.25) is 0 Å². The summed E-state index contributed by atoms with van der Waals surface area (Å²) in [5.41, 5.74) is 0.862. The van der Waals surface area contributed by atoms with Crippen LogP contribution in [0.5, 0.6) is 5.75 Å². The van der Waals surface area contributed by atoms with Crippen molar-refractivity contribution in [3.63, 3.8) is 0 Å². The predicted molar refractivity (Wildman–Crippen MR) is 105 cm³/mol. The van der Waals surface area contributed by atoms with Gasteiger partial charge in [0.15, 0.2) is 0 Å². The van der Waals surface area contributed by atoms with Crippen LogP contribution in [0.25, 0.3) is 5.76 Å². The summed E-state index contributed by atoms with van der Waals surface area (Å²) in [4.78, 5) is 26.8. The number of carbonyl (C=O) groups excluding carboxylic acids is 2. The van der Waals surface area contributed by atoms with Crippen LogP contribution in [-0.2, 0) is 14.3 Å². The van der Waals surface area contributed by atoms with Crippen molar-refractivity contribution in [1.29, 1.82) is 0 Å². The molecule has 1 aliphatic heterocycles. The van der Waals surface area contributed by atoms with Crippen molar-refractivity contribution < 1.29 is 28.6 Å². The third-order valence-corrected chi connectivity index (χ3v) is 4.70. The van der Waals surface area contributed by atoms with Gasteiger partial charge < -0.3 is 19.5 Å². The topological polar surface area (TPSA) is 76.1 Å². The maximum Gasteiger partial charge on any atom is 0.295 e. The maximum absolute atomic E-state index is 13.3. The first kappa shape index (κ1) is 20.5. The van der Waals surface area contributed by atoms with E-state index >= 15 is 0 Å². The number of hydrogen-bond acceptors (Lipinski definition) is 5.